The van der Waals surface area contributed by atoms with Crippen molar-refractivity contribution in [3.8, 4) is 0 Å². The Kier molecular flexibility index (Phi) is 10.8. The summed E-state index contributed by atoms with van der Waals surface area (Å²) in [5.41, 5.74) is 0.911. The molecule has 0 radical (unpaired) electrons. The quantitative estimate of drug-likeness (QED) is 0.0898. The Hall–Kier alpha value is -3.69. The molecule has 8 heteroatoms. The largest absolute Gasteiger partial charge is 0.481 e. The number of ketones is 1. The summed E-state index contributed by atoms with van der Waals surface area (Å²) in [6, 6.07) is 29.1. The lowest BCUT2D eigenvalue weighted by molar-refractivity contribution is -0.137. The average molecular weight is 654 g/mol. The van der Waals surface area contributed by atoms with Gasteiger partial charge in [0, 0.05) is 24.7 Å². The number of unbranched alkanes of at least 4 members (excludes halogenated alkanes) is 1. The number of thiazole rings is 1. The number of allylic oxidation sites excluding steroid dienone is 2. The Bertz CT molecular complexity index is 1610. The van der Waals surface area contributed by atoms with Crippen LogP contribution in [-0.4, -0.2) is 41.4 Å². The molecule has 240 valence electrons. The predicted molar refractivity (Wildman–Crippen MR) is 188 cm³/mol. The van der Waals surface area contributed by atoms with E-state index >= 15 is 0 Å². The molecule has 4 atom stereocenters. The third-order valence-electron chi connectivity index (χ3n) is 8.83. The Labute approximate surface area is 276 Å². The lowest BCUT2D eigenvalue weighted by Gasteiger charge is -2.44. The fourth-order valence-corrected chi connectivity index (χ4v) is 12.2. The van der Waals surface area contributed by atoms with Gasteiger partial charge in [0.05, 0.1) is 16.3 Å². The highest BCUT2D eigenvalue weighted by molar-refractivity contribution is 7.18. The molecular formula is C38H43NO5SSi. The molecule has 3 aromatic carbocycles. The number of benzene rings is 3. The Morgan fingerprint density at radius 2 is 1.63 bits per heavy atom. The molecule has 1 fully saturated rings. The maximum absolute atomic E-state index is 13.0. The van der Waals surface area contributed by atoms with Crippen LogP contribution in [0.5, 0.6) is 0 Å². The fraction of sp³-hybridized carbons (Fsp3) is 0.342. The van der Waals surface area contributed by atoms with Crippen molar-refractivity contribution in [1.29, 1.82) is 0 Å². The molecule has 1 unspecified atom stereocenters. The van der Waals surface area contributed by atoms with Gasteiger partial charge in [-0.1, -0.05) is 118 Å². The predicted octanol–water partition coefficient (Wildman–Crippen LogP) is 7.24. The molecule has 0 aliphatic heterocycles. The van der Waals surface area contributed by atoms with Gasteiger partial charge in [-0.3, -0.25) is 9.59 Å². The first-order valence-corrected chi connectivity index (χ1v) is 18.7. The van der Waals surface area contributed by atoms with Gasteiger partial charge >= 0.3 is 5.97 Å². The summed E-state index contributed by atoms with van der Waals surface area (Å²) in [6.07, 6.45) is 8.53. The van der Waals surface area contributed by atoms with E-state index in [2.05, 4.69) is 75.4 Å². The molecule has 6 nitrogen and oxygen atoms in total. The van der Waals surface area contributed by atoms with Gasteiger partial charge in [0.15, 0.2) is 0 Å². The zero-order valence-corrected chi connectivity index (χ0v) is 28.5. The number of aliphatic hydroxyl groups is 1. The number of fused-ring (bicyclic) bond motifs is 1. The molecule has 1 aromatic heterocycles. The molecule has 5 rings (SSSR count). The van der Waals surface area contributed by atoms with Crippen molar-refractivity contribution in [2.45, 2.75) is 70.1 Å². The van der Waals surface area contributed by atoms with E-state index in [1.54, 1.807) is 11.3 Å². The van der Waals surface area contributed by atoms with E-state index < -0.39 is 26.5 Å². The van der Waals surface area contributed by atoms with Gasteiger partial charge in [-0.05, 0) is 46.8 Å². The van der Waals surface area contributed by atoms with Crippen LogP contribution >= 0.6 is 11.3 Å². The smallest absolute Gasteiger partial charge is 0.303 e. The van der Waals surface area contributed by atoms with Crippen molar-refractivity contribution in [2.24, 2.45) is 11.8 Å². The minimum Gasteiger partial charge on any atom is -0.481 e. The van der Waals surface area contributed by atoms with Crippen LogP contribution in [0.15, 0.2) is 109 Å². The number of aromatic nitrogens is 1. The second kappa shape index (κ2) is 14.8. The summed E-state index contributed by atoms with van der Waals surface area (Å²) in [5.74, 6) is -1.49. The first-order chi connectivity index (χ1) is 22.1. The second-order valence-electron chi connectivity index (χ2n) is 13.0. The number of rotatable bonds is 13. The SMILES string of the molecule is CC(C)(C)[Si](OC(C=C[C@H]1[C@H](O)CC(=O)[C@@H]1CC=CCCCC(=O)O)c1nc2ccccc2s1)(c1ccccc1)c1ccccc1. The van der Waals surface area contributed by atoms with E-state index in [9.17, 15) is 14.7 Å². The van der Waals surface area contributed by atoms with Crippen LogP contribution in [0.1, 0.15) is 64.0 Å². The maximum atomic E-state index is 13.0. The number of carboxylic acids is 1. The van der Waals surface area contributed by atoms with Gasteiger partial charge in [0.1, 0.15) is 16.9 Å². The molecule has 0 spiro atoms. The second-order valence-corrected chi connectivity index (χ2v) is 18.3. The van der Waals surface area contributed by atoms with Gasteiger partial charge in [-0.25, -0.2) is 4.98 Å². The number of carboxylic acid groups (broad SMARTS) is 1. The number of hydrogen-bond donors (Lipinski definition) is 2. The van der Waals surface area contributed by atoms with Crippen LogP contribution in [0.3, 0.4) is 0 Å². The van der Waals surface area contributed by atoms with Crippen LogP contribution < -0.4 is 10.4 Å². The zero-order valence-electron chi connectivity index (χ0n) is 26.7. The van der Waals surface area contributed by atoms with Gasteiger partial charge in [-0.15, -0.1) is 11.3 Å². The van der Waals surface area contributed by atoms with Gasteiger partial charge in [0.2, 0.25) is 0 Å². The monoisotopic (exact) mass is 653 g/mol. The summed E-state index contributed by atoms with van der Waals surface area (Å²) in [5, 5.41) is 22.8. The minimum atomic E-state index is -2.98. The van der Waals surface area contributed by atoms with Crippen molar-refractivity contribution in [1.82, 2.24) is 4.98 Å². The molecule has 0 bridgehead atoms. The molecule has 1 aliphatic carbocycles. The zero-order chi connectivity index (χ0) is 32.7. The van der Waals surface area contributed by atoms with Gasteiger partial charge < -0.3 is 14.6 Å². The van der Waals surface area contributed by atoms with Crippen LogP contribution in [-0.2, 0) is 14.0 Å². The van der Waals surface area contributed by atoms with E-state index in [0.717, 1.165) is 25.6 Å². The maximum Gasteiger partial charge on any atom is 0.303 e. The van der Waals surface area contributed by atoms with Gasteiger partial charge in [0.25, 0.3) is 8.32 Å². The normalized spacial score (nSPS) is 19.8. The molecule has 46 heavy (non-hydrogen) atoms. The van der Waals surface area contributed by atoms with Crippen molar-refractivity contribution >= 4 is 52.0 Å². The van der Waals surface area contributed by atoms with Crippen molar-refractivity contribution < 1.29 is 24.2 Å². The van der Waals surface area contributed by atoms with E-state index in [1.165, 1.54) is 0 Å². The molecule has 2 N–H and O–H groups in total. The number of hydrogen-bond acceptors (Lipinski definition) is 6. The van der Waals surface area contributed by atoms with E-state index in [1.807, 2.05) is 54.6 Å². The molecule has 1 aliphatic rings. The molecule has 1 saturated carbocycles. The number of carbonyl (C=O) groups is 2. The number of carbonyl (C=O) groups excluding carboxylic acids is 1. The summed E-state index contributed by atoms with van der Waals surface area (Å²) in [6.45, 7) is 6.74. The number of aliphatic hydroxyl groups excluding tert-OH is 1. The molecule has 1 heterocycles. The minimum absolute atomic E-state index is 0.0433. The highest BCUT2D eigenvalue weighted by Gasteiger charge is 2.52. The van der Waals surface area contributed by atoms with Crippen LogP contribution in [0.4, 0.5) is 0 Å². The summed E-state index contributed by atoms with van der Waals surface area (Å²) in [7, 11) is -2.98. The van der Waals surface area contributed by atoms with E-state index in [0.29, 0.717) is 19.3 Å². The topological polar surface area (TPSA) is 96.7 Å². The third-order valence-corrected chi connectivity index (χ3v) is 14.9. The highest BCUT2D eigenvalue weighted by atomic mass is 32.1. The lowest BCUT2D eigenvalue weighted by atomic mass is 9.90. The molecular weight excluding hydrogens is 611 g/mol. The lowest BCUT2D eigenvalue weighted by Crippen LogP contribution is -2.66. The Morgan fingerprint density at radius 1 is 1.00 bits per heavy atom. The van der Waals surface area contributed by atoms with Crippen molar-refractivity contribution in [2.75, 3.05) is 0 Å². The summed E-state index contributed by atoms with van der Waals surface area (Å²) < 4.78 is 8.64. The number of para-hydroxylation sites is 1. The third kappa shape index (κ3) is 7.47. The molecule has 4 aromatic rings. The Balaban J connectivity index is 1.54. The molecule has 0 saturated heterocycles. The first kappa shape index (κ1) is 33.7. The summed E-state index contributed by atoms with van der Waals surface area (Å²) >= 11 is 1.61. The van der Waals surface area contributed by atoms with E-state index in [4.69, 9.17) is 14.5 Å². The molecule has 0 amide bonds. The van der Waals surface area contributed by atoms with Crippen LogP contribution in [0, 0.1) is 11.8 Å². The number of nitrogens with zero attached hydrogens (tertiary/aromatic N) is 1. The average Bonchev–Trinajstić information content (AvgIpc) is 3.58. The number of aliphatic carboxylic acids is 1. The number of Topliss-reactive ketones (excluding diaryl/α,β-unsaturated/α-hetero) is 1. The first-order valence-electron chi connectivity index (χ1n) is 16.0. The van der Waals surface area contributed by atoms with Crippen LogP contribution in [0.25, 0.3) is 10.2 Å². The van der Waals surface area contributed by atoms with Crippen molar-refractivity contribution in [3.05, 3.63) is 114 Å². The van der Waals surface area contributed by atoms with E-state index in [-0.39, 0.29) is 35.5 Å². The van der Waals surface area contributed by atoms with Gasteiger partial charge in [-0.2, -0.15) is 0 Å². The summed E-state index contributed by atoms with van der Waals surface area (Å²) in [4.78, 5) is 28.9. The highest BCUT2D eigenvalue weighted by Crippen LogP contribution is 2.42. The standard InChI is InChI=1S/C38H43NO5SSi/c1-38(2,3)46(27-16-8-6-9-17-27,28-18-10-7-11-19-28)44-34(37-39-31-21-14-15-22-35(31)45-37)25-24-30-29(32(40)26-33(30)41)20-12-4-5-13-23-36(42)43/h4,6-12,14-19,21-22,24-25,29-30,33-34,41H,5,13,20,23,26H2,1-3H3,(H,42,43)/t29-,30-,33-,34?/m1/s1. The fourth-order valence-electron chi connectivity index (χ4n) is 6.55. The van der Waals surface area contributed by atoms with Crippen LogP contribution in [0.2, 0.25) is 5.04 Å². The Morgan fingerprint density at radius 3 is 2.24 bits per heavy atom. The van der Waals surface area contributed by atoms with Crippen molar-refractivity contribution in [3.63, 3.8) is 0 Å².